The molecule has 3 aromatic rings. The molecule has 2 N–H and O–H groups in total. The number of benzene rings is 2. The Kier molecular flexibility index (Phi) is 6.39. The zero-order valence-electron chi connectivity index (χ0n) is 17.1. The molecule has 1 aromatic heterocycles. The van der Waals surface area contributed by atoms with Crippen LogP contribution >= 0.6 is 11.6 Å². The minimum Gasteiger partial charge on any atom is -0.325 e. The summed E-state index contributed by atoms with van der Waals surface area (Å²) in [6.07, 6.45) is 1.41. The summed E-state index contributed by atoms with van der Waals surface area (Å²) < 4.78 is 0. The van der Waals surface area contributed by atoms with Crippen LogP contribution in [0, 0.1) is 5.92 Å². The van der Waals surface area contributed by atoms with Crippen LogP contribution in [0.25, 0.3) is 11.4 Å². The summed E-state index contributed by atoms with van der Waals surface area (Å²) >= 11 is 6.18. The van der Waals surface area contributed by atoms with E-state index in [2.05, 4.69) is 30.8 Å². The van der Waals surface area contributed by atoms with Gasteiger partial charge in [-0.1, -0.05) is 35.9 Å². The topological polar surface area (TPSA) is 104 Å². The lowest BCUT2D eigenvalue weighted by atomic mass is 9.88. The molecule has 0 aliphatic carbocycles. The highest BCUT2D eigenvalue weighted by atomic mass is 35.5. The van der Waals surface area contributed by atoms with Crippen molar-refractivity contribution in [3.8, 4) is 11.4 Å². The molecule has 4 rings (SSSR count). The number of hydrogen-bond donors (Lipinski definition) is 2. The first-order chi connectivity index (χ1) is 15.0. The van der Waals surface area contributed by atoms with Crippen LogP contribution in [0.1, 0.15) is 30.1 Å². The van der Waals surface area contributed by atoms with E-state index in [0.717, 1.165) is 5.56 Å². The molecule has 1 aliphatic heterocycles. The number of rotatable bonds is 6. The van der Waals surface area contributed by atoms with Gasteiger partial charge in [0.15, 0.2) is 5.78 Å². The molecule has 1 saturated heterocycles. The Balaban J connectivity index is 1.34. The Hall–Kier alpha value is -3.10. The Morgan fingerprint density at radius 1 is 1.16 bits per heavy atom. The second-order valence-electron chi connectivity index (χ2n) is 7.64. The van der Waals surface area contributed by atoms with Gasteiger partial charge in [0.25, 0.3) is 0 Å². The summed E-state index contributed by atoms with van der Waals surface area (Å²) in [5.41, 5.74) is 2.01. The van der Waals surface area contributed by atoms with Crippen LogP contribution in [0.2, 0.25) is 5.02 Å². The summed E-state index contributed by atoms with van der Waals surface area (Å²) in [6, 6.07) is 14.2. The molecule has 2 heterocycles. The van der Waals surface area contributed by atoms with E-state index < -0.39 is 0 Å². The smallest absolute Gasteiger partial charge is 0.241 e. The van der Waals surface area contributed by atoms with Crippen LogP contribution < -0.4 is 5.32 Å². The van der Waals surface area contributed by atoms with Crippen molar-refractivity contribution >= 4 is 29.0 Å². The largest absolute Gasteiger partial charge is 0.325 e. The molecule has 0 bridgehead atoms. The average Bonchev–Trinajstić information content (AvgIpc) is 3.34. The maximum atomic E-state index is 12.8. The molecule has 1 amide bonds. The molecule has 2 aromatic carbocycles. The van der Waals surface area contributed by atoms with Gasteiger partial charge in [-0.25, -0.2) is 0 Å². The van der Waals surface area contributed by atoms with E-state index in [0.29, 0.717) is 48.0 Å². The van der Waals surface area contributed by atoms with Crippen LogP contribution in [0.15, 0.2) is 48.5 Å². The lowest BCUT2D eigenvalue weighted by Crippen LogP contribution is -2.47. The molecule has 1 fully saturated rings. The van der Waals surface area contributed by atoms with E-state index in [1.54, 1.807) is 12.1 Å². The molecule has 0 saturated carbocycles. The standard InChI is InChI=1S/C22H23ClN6O2/c1-14(22(31)24-17-6-4-5-16(13-17)21-25-27-28-26-21)29-11-9-15(10-12-29)20(30)18-7-2-3-8-19(18)23/h2-8,13-15H,9-12H2,1H3,(H,24,31)(H,25,26,27,28). The minimum absolute atomic E-state index is 0.0712. The number of tetrazole rings is 1. The SMILES string of the molecule is CC(C(=O)Nc1cccc(-c2nn[nH]n2)c1)N1CCC(C(=O)c2ccccc2Cl)CC1. The minimum atomic E-state index is -0.315. The highest BCUT2D eigenvalue weighted by molar-refractivity contribution is 6.34. The van der Waals surface area contributed by atoms with Crippen molar-refractivity contribution < 1.29 is 9.59 Å². The molecule has 0 radical (unpaired) electrons. The number of nitrogens with zero attached hydrogens (tertiary/aromatic N) is 4. The molecule has 0 spiro atoms. The van der Waals surface area contributed by atoms with Crippen molar-refractivity contribution in [2.75, 3.05) is 18.4 Å². The Bertz CT molecular complexity index is 1060. The third-order valence-electron chi connectivity index (χ3n) is 5.70. The van der Waals surface area contributed by atoms with Crippen LogP contribution in [-0.2, 0) is 4.79 Å². The number of nitrogens with one attached hydrogen (secondary N) is 2. The highest BCUT2D eigenvalue weighted by Crippen LogP contribution is 2.27. The van der Waals surface area contributed by atoms with Crippen molar-refractivity contribution in [1.29, 1.82) is 0 Å². The molecule has 1 unspecified atom stereocenters. The number of Topliss-reactive ketones (excluding diaryl/α,β-unsaturated/α-hetero) is 1. The number of anilines is 1. The molecule has 8 nitrogen and oxygen atoms in total. The lowest BCUT2D eigenvalue weighted by Gasteiger charge is -2.34. The quantitative estimate of drug-likeness (QED) is 0.571. The van der Waals surface area contributed by atoms with Crippen molar-refractivity contribution in [1.82, 2.24) is 25.5 Å². The van der Waals surface area contributed by atoms with Gasteiger partial charge in [0.2, 0.25) is 11.7 Å². The zero-order chi connectivity index (χ0) is 21.8. The summed E-state index contributed by atoms with van der Waals surface area (Å²) in [5.74, 6) is 0.384. The maximum Gasteiger partial charge on any atom is 0.241 e. The van der Waals surface area contributed by atoms with E-state index in [1.165, 1.54) is 0 Å². The fourth-order valence-electron chi connectivity index (χ4n) is 3.86. The van der Waals surface area contributed by atoms with Gasteiger partial charge in [0.1, 0.15) is 0 Å². The van der Waals surface area contributed by atoms with Gasteiger partial charge >= 0.3 is 0 Å². The van der Waals surface area contributed by atoms with Gasteiger partial charge in [-0.2, -0.15) is 5.21 Å². The fraction of sp³-hybridized carbons (Fsp3) is 0.318. The van der Waals surface area contributed by atoms with Gasteiger partial charge in [-0.15, -0.1) is 10.2 Å². The van der Waals surface area contributed by atoms with Gasteiger partial charge < -0.3 is 5.32 Å². The summed E-state index contributed by atoms with van der Waals surface area (Å²) in [7, 11) is 0. The van der Waals surface area contributed by atoms with Crippen molar-refractivity contribution in [2.45, 2.75) is 25.8 Å². The number of aromatic nitrogens is 4. The van der Waals surface area contributed by atoms with Crippen LogP contribution in [0.4, 0.5) is 5.69 Å². The van der Waals surface area contributed by atoms with Gasteiger partial charge in [-0.3, -0.25) is 14.5 Å². The highest BCUT2D eigenvalue weighted by Gasteiger charge is 2.30. The van der Waals surface area contributed by atoms with E-state index in [1.807, 2.05) is 43.3 Å². The predicted molar refractivity (Wildman–Crippen MR) is 118 cm³/mol. The summed E-state index contributed by atoms with van der Waals surface area (Å²) in [5, 5.41) is 17.3. The monoisotopic (exact) mass is 438 g/mol. The third kappa shape index (κ3) is 4.81. The number of amides is 1. The average molecular weight is 439 g/mol. The molecular formula is C22H23ClN6O2. The molecular weight excluding hydrogens is 416 g/mol. The number of carbonyl (C=O) groups is 2. The van der Waals surface area contributed by atoms with Gasteiger partial charge in [0, 0.05) is 22.7 Å². The van der Waals surface area contributed by atoms with Gasteiger partial charge in [-0.05, 0) is 62.3 Å². The lowest BCUT2D eigenvalue weighted by molar-refractivity contribution is -0.121. The maximum absolute atomic E-state index is 12.8. The Labute approximate surface area is 185 Å². The number of halogens is 1. The van der Waals surface area contributed by atoms with E-state index in [-0.39, 0.29) is 23.7 Å². The Morgan fingerprint density at radius 2 is 1.94 bits per heavy atom. The molecule has 160 valence electrons. The molecule has 1 atom stereocenters. The third-order valence-corrected chi connectivity index (χ3v) is 6.03. The van der Waals surface area contributed by atoms with Crippen molar-refractivity contribution in [3.05, 3.63) is 59.1 Å². The fourth-order valence-corrected chi connectivity index (χ4v) is 4.09. The van der Waals surface area contributed by atoms with E-state index >= 15 is 0 Å². The number of ketones is 1. The number of aromatic amines is 1. The number of hydrogen-bond acceptors (Lipinski definition) is 6. The summed E-state index contributed by atoms with van der Waals surface area (Å²) in [6.45, 7) is 3.24. The zero-order valence-corrected chi connectivity index (χ0v) is 17.8. The first-order valence-electron chi connectivity index (χ1n) is 10.2. The second kappa shape index (κ2) is 9.36. The predicted octanol–water partition coefficient (Wildman–Crippen LogP) is 3.44. The molecule has 31 heavy (non-hydrogen) atoms. The number of H-pyrrole nitrogens is 1. The van der Waals surface area contributed by atoms with Crippen LogP contribution in [0.5, 0.6) is 0 Å². The first kappa shape index (κ1) is 21.1. The Morgan fingerprint density at radius 3 is 2.65 bits per heavy atom. The van der Waals surface area contributed by atoms with E-state index in [4.69, 9.17) is 11.6 Å². The van der Waals surface area contributed by atoms with E-state index in [9.17, 15) is 9.59 Å². The number of likely N-dealkylation sites (tertiary alicyclic amines) is 1. The molecule has 1 aliphatic rings. The summed E-state index contributed by atoms with van der Waals surface area (Å²) in [4.78, 5) is 27.7. The van der Waals surface area contributed by atoms with Crippen LogP contribution in [0.3, 0.4) is 0 Å². The normalized spacial score (nSPS) is 16.1. The van der Waals surface area contributed by atoms with Crippen LogP contribution in [-0.4, -0.2) is 56.3 Å². The van der Waals surface area contributed by atoms with Crippen molar-refractivity contribution in [2.24, 2.45) is 5.92 Å². The van der Waals surface area contributed by atoms with Crippen molar-refractivity contribution in [3.63, 3.8) is 0 Å². The van der Waals surface area contributed by atoms with Gasteiger partial charge in [0.05, 0.1) is 11.1 Å². The second-order valence-corrected chi connectivity index (χ2v) is 8.04. The number of piperidine rings is 1. The first-order valence-corrected chi connectivity index (χ1v) is 10.6. The molecule has 9 heteroatoms. The number of carbonyl (C=O) groups excluding carboxylic acids is 2.